The van der Waals surface area contributed by atoms with E-state index in [-0.39, 0.29) is 0 Å². The van der Waals surface area contributed by atoms with Crippen LogP contribution < -0.4 is 10.6 Å². The van der Waals surface area contributed by atoms with E-state index < -0.39 is 0 Å². The second-order valence-corrected chi connectivity index (χ2v) is 5.75. The monoisotopic (exact) mass is 365 g/mol. The molecule has 0 atom stereocenters. The van der Waals surface area contributed by atoms with Gasteiger partial charge in [0, 0.05) is 5.69 Å². The zero-order valence-electron chi connectivity index (χ0n) is 11.6. The van der Waals surface area contributed by atoms with E-state index in [0.717, 1.165) is 5.69 Å². The van der Waals surface area contributed by atoms with Crippen molar-refractivity contribution in [1.82, 2.24) is 15.2 Å². The Hall–Kier alpha value is -2.08. The molecule has 116 valence electrons. The van der Waals surface area contributed by atoms with Crippen molar-refractivity contribution < 1.29 is 0 Å². The number of nitrogens with zero attached hydrogens (tertiary/aromatic N) is 3. The summed E-state index contributed by atoms with van der Waals surface area (Å²) in [7, 11) is 0. The van der Waals surface area contributed by atoms with Crippen molar-refractivity contribution in [2.75, 3.05) is 10.6 Å². The molecular weight excluding hydrogens is 357 g/mol. The van der Waals surface area contributed by atoms with Crippen molar-refractivity contribution in [2.45, 2.75) is 0 Å². The molecule has 0 radical (unpaired) electrons. The van der Waals surface area contributed by atoms with Crippen molar-refractivity contribution in [3.05, 3.63) is 63.7 Å². The topological polar surface area (TPSA) is 62.7 Å². The fraction of sp³-hybridized carbons (Fsp3) is 0. The van der Waals surface area contributed by atoms with Crippen LogP contribution in [-0.2, 0) is 0 Å². The summed E-state index contributed by atoms with van der Waals surface area (Å²) in [5.74, 6) is 0.830. The third kappa shape index (κ3) is 4.01. The third-order valence-corrected chi connectivity index (χ3v) is 3.94. The van der Waals surface area contributed by atoms with Crippen LogP contribution in [-0.4, -0.2) is 15.2 Å². The van der Waals surface area contributed by atoms with Crippen molar-refractivity contribution in [1.29, 1.82) is 0 Å². The van der Waals surface area contributed by atoms with Gasteiger partial charge in [-0.2, -0.15) is 10.1 Å². The SMILES string of the molecule is Clc1ccc(Nc2nncc(Nc3ccccc3Cl)n2)cc1Cl. The summed E-state index contributed by atoms with van der Waals surface area (Å²) in [6, 6.07) is 12.5. The van der Waals surface area contributed by atoms with Gasteiger partial charge < -0.3 is 10.6 Å². The summed E-state index contributed by atoms with van der Waals surface area (Å²) in [6.07, 6.45) is 1.50. The molecule has 8 heteroatoms. The van der Waals surface area contributed by atoms with E-state index in [0.29, 0.717) is 32.5 Å². The van der Waals surface area contributed by atoms with Crippen LogP contribution >= 0.6 is 34.8 Å². The summed E-state index contributed by atoms with van der Waals surface area (Å²) in [6.45, 7) is 0. The Bertz CT molecular complexity index is 841. The smallest absolute Gasteiger partial charge is 0.249 e. The minimum absolute atomic E-state index is 0.320. The molecule has 0 aliphatic carbocycles. The number of para-hydroxylation sites is 1. The van der Waals surface area contributed by atoms with Gasteiger partial charge in [0.2, 0.25) is 5.95 Å². The second kappa shape index (κ2) is 7.00. The number of rotatable bonds is 4. The lowest BCUT2D eigenvalue weighted by atomic mass is 10.3. The minimum atomic E-state index is 0.320. The first kappa shape index (κ1) is 15.8. The van der Waals surface area contributed by atoms with Crippen LogP contribution in [0.15, 0.2) is 48.7 Å². The quantitative estimate of drug-likeness (QED) is 0.654. The Morgan fingerprint density at radius 1 is 0.826 bits per heavy atom. The van der Waals surface area contributed by atoms with Gasteiger partial charge >= 0.3 is 0 Å². The Labute approximate surface area is 147 Å². The van der Waals surface area contributed by atoms with Crippen LogP contribution in [0.5, 0.6) is 0 Å². The highest BCUT2D eigenvalue weighted by atomic mass is 35.5. The number of hydrogen-bond acceptors (Lipinski definition) is 5. The van der Waals surface area contributed by atoms with Crippen LogP contribution in [0.2, 0.25) is 15.1 Å². The molecule has 0 amide bonds. The molecule has 0 spiro atoms. The molecule has 1 heterocycles. The lowest BCUT2D eigenvalue weighted by molar-refractivity contribution is 0.982. The molecule has 0 aliphatic heterocycles. The average molecular weight is 367 g/mol. The van der Waals surface area contributed by atoms with E-state index in [9.17, 15) is 0 Å². The first-order chi connectivity index (χ1) is 11.1. The van der Waals surface area contributed by atoms with Gasteiger partial charge in [-0.15, -0.1) is 5.10 Å². The first-order valence-electron chi connectivity index (χ1n) is 6.55. The maximum Gasteiger partial charge on any atom is 0.249 e. The number of benzene rings is 2. The predicted molar refractivity (Wildman–Crippen MR) is 94.3 cm³/mol. The molecule has 0 aliphatic rings. The fourth-order valence-electron chi connectivity index (χ4n) is 1.82. The Balaban J connectivity index is 1.79. The van der Waals surface area contributed by atoms with Crippen LogP contribution in [0, 0.1) is 0 Å². The Morgan fingerprint density at radius 2 is 1.65 bits per heavy atom. The van der Waals surface area contributed by atoms with Crippen molar-refractivity contribution in [2.24, 2.45) is 0 Å². The van der Waals surface area contributed by atoms with Crippen molar-refractivity contribution in [3.63, 3.8) is 0 Å². The third-order valence-electron chi connectivity index (χ3n) is 2.87. The van der Waals surface area contributed by atoms with Gasteiger partial charge in [0.25, 0.3) is 0 Å². The molecule has 2 N–H and O–H groups in total. The molecule has 5 nitrogen and oxygen atoms in total. The van der Waals surface area contributed by atoms with Crippen LogP contribution in [0.25, 0.3) is 0 Å². The van der Waals surface area contributed by atoms with Gasteiger partial charge in [-0.3, -0.25) is 0 Å². The molecule has 0 unspecified atom stereocenters. The van der Waals surface area contributed by atoms with Gasteiger partial charge in [0.1, 0.15) is 0 Å². The number of nitrogens with one attached hydrogen (secondary N) is 2. The second-order valence-electron chi connectivity index (χ2n) is 4.52. The fourth-order valence-corrected chi connectivity index (χ4v) is 2.30. The van der Waals surface area contributed by atoms with Crippen molar-refractivity contribution in [3.8, 4) is 0 Å². The van der Waals surface area contributed by atoms with Gasteiger partial charge in [0.05, 0.1) is 27.0 Å². The molecular formula is C15H10Cl3N5. The molecule has 0 saturated carbocycles. The maximum absolute atomic E-state index is 6.11. The van der Waals surface area contributed by atoms with Crippen LogP contribution in [0.1, 0.15) is 0 Å². The molecule has 23 heavy (non-hydrogen) atoms. The van der Waals surface area contributed by atoms with Crippen molar-refractivity contribution >= 4 is 57.9 Å². The van der Waals surface area contributed by atoms with Crippen LogP contribution in [0.4, 0.5) is 23.1 Å². The molecule has 0 bridgehead atoms. The predicted octanol–water partition coefficient (Wildman–Crippen LogP) is 5.32. The standard InChI is InChI=1S/C15H10Cl3N5/c16-10-6-5-9(7-12(10)18)20-15-22-14(8-19-23-15)21-13-4-2-1-3-11(13)17/h1-8H,(H2,20,21,22,23). The lowest BCUT2D eigenvalue weighted by Crippen LogP contribution is -2.02. The van der Waals surface area contributed by atoms with E-state index in [1.165, 1.54) is 6.20 Å². The Kier molecular flexibility index (Phi) is 4.81. The van der Waals surface area contributed by atoms with E-state index >= 15 is 0 Å². The largest absolute Gasteiger partial charge is 0.338 e. The summed E-state index contributed by atoms with van der Waals surface area (Å²) < 4.78 is 0. The molecule has 2 aromatic carbocycles. The van der Waals surface area contributed by atoms with Gasteiger partial charge in [-0.05, 0) is 30.3 Å². The van der Waals surface area contributed by atoms with E-state index in [2.05, 4.69) is 25.8 Å². The minimum Gasteiger partial charge on any atom is -0.338 e. The molecule has 3 rings (SSSR count). The number of hydrogen-bond donors (Lipinski definition) is 2. The van der Waals surface area contributed by atoms with Gasteiger partial charge in [-0.1, -0.05) is 46.9 Å². The van der Waals surface area contributed by atoms with Gasteiger partial charge in [0.15, 0.2) is 5.82 Å². The Morgan fingerprint density at radius 3 is 2.43 bits per heavy atom. The van der Waals surface area contributed by atoms with E-state index in [4.69, 9.17) is 34.8 Å². The van der Waals surface area contributed by atoms with E-state index in [1.54, 1.807) is 24.3 Å². The lowest BCUT2D eigenvalue weighted by Gasteiger charge is -2.09. The zero-order chi connectivity index (χ0) is 16.2. The molecule has 1 aromatic heterocycles. The molecule has 3 aromatic rings. The number of aromatic nitrogens is 3. The van der Waals surface area contributed by atoms with E-state index in [1.807, 2.05) is 18.2 Å². The highest BCUT2D eigenvalue weighted by Gasteiger charge is 2.05. The van der Waals surface area contributed by atoms with Crippen LogP contribution in [0.3, 0.4) is 0 Å². The highest BCUT2D eigenvalue weighted by Crippen LogP contribution is 2.27. The highest BCUT2D eigenvalue weighted by molar-refractivity contribution is 6.42. The maximum atomic E-state index is 6.11. The summed E-state index contributed by atoms with van der Waals surface area (Å²) in [4.78, 5) is 4.33. The zero-order valence-corrected chi connectivity index (χ0v) is 13.9. The first-order valence-corrected chi connectivity index (χ1v) is 7.68. The number of anilines is 4. The molecule has 0 fully saturated rings. The normalized spacial score (nSPS) is 10.4. The summed E-state index contributed by atoms with van der Waals surface area (Å²) >= 11 is 18.0. The summed E-state index contributed by atoms with van der Waals surface area (Å²) in [5, 5.41) is 15.4. The summed E-state index contributed by atoms with van der Waals surface area (Å²) in [5.41, 5.74) is 1.44. The van der Waals surface area contributed by atoms with Gasteiger partial charge in [-0.25, -0.2) is 0 Å². The number of halogens is 3. The average Bonchev–Trinajstić information content (AvgIpc) is 2.54. The molecule has 0 saturated heterocycles.